The van der Waals surface area contributed by atoms with E-state index in [4.69, 9.17) is 4.52 Å². The van der Waals surface area contributed by atoms with E-state index in [1.165, 1.54) is 19.3 Å². The number of hydrogen-bond donors (Lipinski definition) is 1. The Morgan fingerprint density at radius 2 is 2.39 bits per heavy atom. The minimum absolute atomic E-state index is 0.396. The van der Waals surface area contributed by atoms with Gasteiger partial charge in [0.05, 0.1) is 17.0 Å². The molecule has 1 N–H and O–H groups in total. The van der Waals surface area contributed by atoms with E-state index >= 15 is 0 Å². The minimum atomic E-state index is 0.396. The Hall–Kier alpha value is 0.480. The van der Waals surface area contributed by atoms with Crippen LogP contribution in [0.5, 0.6) is 0 Å². The molecule has 7 heteroatoms. The Balaban J connectivity index is 1.98. The number of halogens is 2. The zero-order valence-corrected chi connectivity index (χ0v) is 14.9. The van der Waals surface area contributed by atoms with Crippen molar-refractivity contribution < 1.29 is 4.52 Å². The van der Waals surface area contributed by atoms with Crippen molar-refractivity contribution in [2.45, 2.75) is 44.8 Å². The van der Waals surface area contributed by atoms with Gasteiger partial charge in [0, 0.05) is 12.2 Å². The van der Waals surface area contributed by atoms with Crippen molar-refractivity contribution in [2.75, 3.05) is 5.32 Å². The standard InChI is InChI=1S/C11H16BrIN3OP/c1-7-14-6-10(12)11(15-7)16-8-3-2-4-9(5-8)17-18-13/h6,8-9,18H,2-5H2,1H3,(H,14,15,16). The second-order valence-corrected chi connectivity index (χ2v) is 7.00. The zero-order valence-electron chi connectivity index (χ0n) is 10.1. The molecule has 0 amide bonds. The first-order valence-corrected chi connectivity index (χ1v) is 10.8. The number of anilines is 1. The quantitative estimate of drug-likeness (QED) is 0.558. The lowest BCUT2D eigenvalue weighted by atomic mass is 9.93. The molecule has 1 heterocycles. The SMILES string of the molecule is Cc1ncc(Br)c(NC2CCCC(OPI)C2)n1. The molecule has 2 rings (SSSR count). The lowest BCUT2D eigenvalue weighted by molar-refractivity contribution is 0.174. The van der Waals surface area contributed by atoms with Crippen LogP contribution in [0.4, 0.5) is 5.82 Å². The third-order valence-corrected chi connectivity index (χ3v) is 4.81. The third kappa shape index (κ3) is 4.25. The van der Waals surface area contributed by atoms with Crippen LogP contribution >= 0.6 is 44.4 Å². The summed E-state index contributed by atoms with van der Waals surface area (Å²) in [5.74, 6) is 1.68. The molecule has 4 nitrogen and oxygen atoms in total. The van der Waals surface area contributed by atoms with Gasteiger partial charge >= 0.3 is 0 Å². The molecule has 1 saturated carbocycles. The molecule has 0 aromatic carbocycles. The smallest absolute Gasteiger partial charge is 0.144 e. The van der Waals surface area contributed by atoms with Crippen molar-refractivity contribution in [3.63, 3.8) is 0 Å². The molecule has 0 bridgehead atoms. The van der Waals surface area contributed by atoms with Gasteiger partial charge in [-0.15, -0.1) is 0 Å². The second kappa shape index (κ2) is 7.31. The fraction of sp³-hybridized carbons (Fsp3) is 0.636. The molecule has 18 heavy (non-hydrogen) atoms. The van der Waals surface area contributed by atoms with Crippen LogP contribution in [0.15, 0.2) is 10.7 Å². The van der Waals surface area contributed by atoms with Crippen LogP contribution in [-0.4, -0.2) is 22.1 Å². The first-order chi connectivity index (χ1) is 8.69. The van der Waals surface area contributed by atoms with Crippen molar-refractivity contribution in [3.8, 4) is 0 Å². The number of rotatable bonds is 4. The lowest BCUT2D eigenvalue weighted by Crippen LogP contribution is -2.30. The Morgan fingerprint density at radius 3 is 3.17 bits per heavy atom. The number of nitrogens with zero attached hydrogens (tertiary/aromatic N) is 2. The van der Waals surface area contributed by atoms with Crippen molar-refractivity contribution in [1.29, 1.82) is 0 Å². The van der Waals surface area contributed by atoms with Crippen molar-refractivity contribution in [1.82, 2.24) is 9.97 Å². The van der Waals surface area contributed by atoms with E-state index in [0.29, 0.717) is 18.6 Å². The van der Waals surface area contributed by atoms with Gasteiger partial charge in [0.25, 0.3) is 0 Å². The van der Waals surface area contributed by atoms with Crippen LogP contribution in [0, 0.1) is 6.92 Å². The Morgan fingerprint density at radius 1 is 1.56 bits per heavy atom. The summed E-state index contributed by atoms with van der Waals surface area (Å²) in [4.78, 5) is 8.58. The molecule has 0 aliphatic heterocycles. The zero-order chi connectivity index (χ0) is 13.0. The molecule has 3 unspecified atom stereocenters. The van der Waals surface area contributed by atoms with Gasteiger partial charge in [0.1, 0.15) is 11.6 Å². The molecule has 3 atom stereocenters. The van der Waals surface area contributed by atoms with Gasteiger partial charge in [-0.2, -0.15) is 0 Å². The summed E-state index contributed by atoms with van der Waals surface area (Å²) in [5, 5.41) is 3.50. The number of hydrogen-bond acceptors (Lipinski definition) is 4. The largest absolute Gasteiger partial charge is 0.366 e. The fourth-order valence-electron chi connectivity index (χ4n) is 2.20. The van der Waals surface area contributed by atoms with E-state index in [0.717, 1.165) is 22.5 Å². The molecule has 1 aromatic rings. The van der Waals surface area contributed by atoms with Gasteiger partial charge in [-0.1, -0.05) is 0 Å². The highest BCUT2D eigenvalue weighted by atomic mass is 127. The molecule has 1 fully saturated rings. The monoisotopic (exact) mass is 443 g/mol. The van der Waals surface area contributed by atoms with Crippen LogP contribution < -0.4 is 5.32 Å². The van der Waals surface area contributed by atoms with Crippen molar-refractivity contribution in [3.05, 3.63) is 16.5 Å². The normalized spacial score (nSPS) is 24.6. The van der Waals surface area contributed by atoms with Crippen LogP contribution in [0.1, 0.15) is 31.5 Å². The minimum Gasteiger partial charge on any atom is -0.366 e. The van der Waals surface area contributed by atoms with E-state index in [-0.39, 0.29) is 0 Å². The molecule has 0 radical (unpaired) electrons. The fourth-order valence-corrected chi connectivity index (χ4v) is 3.92. The average Bonchev–Trinajstić information content (AvgIpc) is 2.35. The maximum Gasteiger partial charge on any atom is 0.144 e. The van der Waals surface area contributed by atoms with E-state index in [9.17, 15) is 0 Å². The van der Waals surface area contributed by atoms with Gasteiger partial charge in [-0.05, 0) is 70.6 Å². The highest BCUT2D eigenvalue weighted by Crippen LogP contribution is 2.32. The van der Waals surface area contributed by atoms with Gasteiger partial charge in [-0.3, -0.25) is 0 Å². The highest BCUT2D eigenvalue weighted by Gasteiger charge is 2.23. The Labute approximate surface area is 131 Å². The van der Waals surface area contributed by atoms with Gasteiger partial charge < -0.3 is 9.84 Å². The Bertz CT molecular complexity index is 408. The molecular weight excluding hydrogens is 428 g/mol. The number of aromatic nitrogens is 2. The molecular formula is C11H16BrIN3OP. The summed E-state index contributed by atoms with van der Waals surface area (Å²) in [6, 6.07) is 0.446. The maximum absolute atomic E-state index is 5.73. The van der Waals surface area contributed by atoms with Crippen LogP contribution in [0.3, 0.4) is 0 Å². The molecule has 100 valence electrons. The summed E-state index contributed by atoms with van der Waals surface area (Å²) in [6.07, 6.45) is 6.83. The van der Waals surface area contributed by atoms with E-state index in [1.807, 2.05) is 6.92 Å². The second-order valence-electron chi connectivity index (χ2n) is 4.44. The van der Waals surface area contributed by atoms with E-state index < -0.39 is 0 Å². The van der Waals surface area contributed by atoms with Crippen LogP contribution in [0.25, 0.3) is 0 Å². The summed E-state index contributed by atoms with van der Waals surface area (Å²) < 4.78 is 6.66. The van der Waals surface area contributed by atoms with Gasteiger partial charge in [-0.25, -0.2) is 9.97 Å². The topological polar surface area (TPSA) is 47.0 Å². The first kappa shape index (κ1) is 14.9. The molecule has 1 aliphatic carbocycles. The summed E-state index contributed by atoms with van der Waals surface area (Å²) >= 11 is 5.77. The maximum atomic E-state index is 5.73. The molecule has 0 saturated heterocycles. The Kier molecular flexibility index (Phi) is 6.04. The first-order valence-electron chi connectivity index (χ1n) is 5.96. The molecule has 1 aliphatic rings. The predicted molar refractivity (Wildman–Crippen MR) is 87.6 cm³/mol. The van der Waals surface area contributed by atoms with Gasteiger partial charge in [0.15, 0.2) is 0 Å². The predicted octanol–water partition coefficient (Wildman–Crippen LogP) is 4.23. The number of aryl methyl sites for hydroxylation is 1. The van der Waals surface area contributed by atoms with Crippen molar-refractivity contribution >= 4 is 50.2 Å². The summed E-state index contributed by atoms with van der Waals surface area (Å²) in [7, 11) is 0. The third-order valence-electron chi connectivity index (χ3n) is 3.04. The van der Waals surface area contributed by atoms with Crippen LogP contribution in [-0.2, 0) is 4.52 Å². The molecule has 1 aromatic heterocycles. The van der Waals surface area contributed by atoms with Crippen LogP contribution in [0.2, 0.25) is 0 Å². The van der Waals surface area contributed by atoms with E-state index in [2.05, 4.69) is 53.3 Å². The van der Waals surface area contributed by atoms with Crippen molar-refractivity contribution in [2.24, 2.45) is 0 Å². The van der Waals surface area contributed by atoms with E-state index in [1.54, 1.807) is 6.20 Å². The molecule has 0 spiro atoms. The highest BCUT2D eigenvalue weighted by molar-refractivity contribution is 14.2. The van der Waals surface area contributed by atoms with Gasteiger partial charge in [0.2, 0.25) is 0 Å². The number of nitrogens with one attached hydrogen (secondary N) is 1. The lowest BCUT2D eigenvalue weighted by Gasteiger charge is -2.29. The summed E-state index contributed by atoms with van der Waals surface area (Å²) in [6.45, 7) is 2.45. The summed E-state index contributed by atoms with van der Waals surface area (Å²) in [5.41, 5.74) is 0. The average molecular weight is 444 g/mol.